The Morgan fingerprint density at radius 1 is 1.00 bits per heavy atom. The molecule has 1 aromatic rings. The SMILES string of the molecule is CCCCCC=C(CCCCC)C(=O)c1ccc(O)cc1. The maximum atomic E-state index is 12.6. The number of rotatable bonds is 10. The highest BCUT2D eigenvalue weighted by Crippen LogP contribution is 2.19. The van der Waals surface area contributed by atoms with Crippen molar-refractivity contribution in [1.29, 1.82) is 0 Å². The predicted molar refractivity (Wildman–Crippen MR) is 88.8 cm³/mol. The quantitative estimate of drug-likeness (QED) is 0.342. The van der Waals surface area contributed by atoms with E-state index in [1.807, 2.05) is 0 Å². The fourth-order valence-corrected chi connectivity index (χ4v) is 2.34. The second-order valence-electron chi connectivity index (χ2n) is 5.56. The van der Waals surface area contributed by atoms with Crippen LogP contribution in [-0.2, 0) is 0 Å². The average Bonchev–Trinajstić information content (AvgIpc) is 2.50. The number of hydrogen-bond donors (Lipinski definition) is 1. The topological polar surface area (TPSA) is 37.3 Å². The summed E-state index contributed by atoms with van der Waals surface area (Å²) in [5.74, 6) is 0.314. The molecule has 1 aromatic carbocycles. The molecular formula is C19H28O2. The number of phenols is 1. The van der Waals surface area contributed by atoms with Gasteiger partial charge in [0.15, 0.2) is 5.78 Å². The number of Topliss-reactive ketones (excluding diaryl/α,β-unsaturated/α-hetero) is 1. The molecule has 1 rings (SSSR count). The number of phenolic OH excluding ortho intramolecular Hbond substituents is 1. The molecule has 0 saturated heterocycles. The van der Waals surface area contributed by atoms with Crippen LogP contribution in [-0.4, -0.2) is 10.9 Å². The minimum atomic E-state index is 0.114. The molecule has 0 fully saturated rings. The van der Waals surface area contributed by atoms with E-state index in [2.05, 4.69) is 19.9 Å². The Labute approximate surface area is 128 Å². The fourth-order valence-electron chi connectivity index (χ4n) is 2.34. The highest BCUT2D eigenvalue weighted by atomic mass is 16.3. The van der Waals surface area contributed by atoms with Gasteiger partial charge in [0, 0.05) is 5.56 Å². The van der Waals surface area contributed by atoms with E-state index in [4.69, 9.17) is 0 Å². The summed E-state index contributed by atoms with van der Waals surface area (Å²) in [7, 11) is 0. The van der Waals surface area contributed by atoms with Crippen LogP contribution in [0.5, 0.6) is 5.75 Å². The molecule has 2 nitrogen and oxygen atoms in total. The third-order valence-corrected chi connectivity index (χ3v) is 3.67. The Bertz CT molecular complexity index is 443. The lowest BCUT2D eigenvalue weighted by Crippen LogP contribution is -2.04. The van der Waals surface area contributed by atoms with Gasteiger partial charge in [-0.1, -0.05) is 45.6 Å². The van der Waals surface area contributed by atoms with Crippen molar-refractivity contribution in [3.05, 3.63) is 41.5 Å². The van der Waals surface area contributed by atoms with E-state index in [0.717, 1.165) is 44.1 Å². The molecule has 0 heterocycles. The van der Waals surface area contributed by atoms with E-state index in [9.17, 15) is 9.90 Å². The van der Waals surface area contributed by atoms with Crippen molar-refractivity contribution in [1.82, 2.24) is 0 Å². The maximum absolute atomic E-state index is 12.6. The van der Waals surface area contributed by atoms with E-state index < -0.39 is 0 Å². The van der Waals surface area contributed by atoms with Gasteiger partial charge in [0.25, 0.3) is 0 Å². The summed E-state index contributed by atoms with van der Waals surface area (Å²) in [5.41, 5.74) is 1.61. The van der Waals surface area contributed by atoms with Crippen LogP contribution in [0.25, 0.3) is 0 Å². The number of unbranched alkanes of at least 4 members (excludes halogenated alkanes) is 5. The molecule has 116 valence electrons. The highest BCUT2D eigenvalue weighted by molar-refractivity contribution is 6.08. The van der Waals surface area contributed by atoms with Crippen molar-refractivity contribution < 1.29 is 9.90 Å². The highest BCUT2D eigenvalue weighted by Gasteiger charge is 2.11. The monoisotopic (exact) mass is 288 g/mol. The van der Waals surface area contributed by atoms with E-state index in [-0.39, 0.29) is 11.5 Å². The van der Waals surface area contributed by atoms with E-state index in [1.54, 1.807) is 24.3 Å². The molecule has 2 heteroatoms. The summed E-state index contributed by atoms with van der Waals surface area (Å²) in [6.45, 7) is 4.36. The number of carbonyl (C=O) groups is 1. The zero-order valence-corrected chi connectivity index (χ0v) is 13.4. The second-order valence-corrected chi connectivity index (χ2v) is 5.56. The van der Waals surface area contributed by atoms with E-state index in [0.29, 0.717) is 5.56 Å². The van der Waals surface area contributed by atoms with E-state index in [1.165, 1.54) is 12.8 Å². The lowest BCUT2D eigenvalue weighted by molar-refractivity contribution is 0.103. The molecule has 21 heavy (non-hydrogen) atoms. The minimum absolute atomic E-state index is 0.114. The van der Waals surface area contributed by atoms with Crippen LogP contribution in [0.15, 0.2) is 35.9 Å². The summed E-state index contributed by atoms with van der Waals surface area (Å²) in [5, 5.41) is 9.32. The maximum Gasteiger partial charge on any atom is 0.188 e. The smallest absolute Gasteiger partial charge is 0.188 e. The summed E-state index contributed by atoms with van der Waals surface area (Å²) >= 11 is 0. The molecule has 0 amide bonds. The van der Waals surface area contributed by atoms with Crippen molar-refractivity contribution in [2.45, 2.75) is 65.2 Å². The van der Waals surface area contributed by atoms with Crippen LogP contribution in [0, 0.1) is 0 Å². The third kappa shape index (κ3) is 6.61. The molecule has 0 aliphatic carbocycles. The minimum Gasteiger partial charge on any atom is -0.508 e. The first kappa shape index (κ1) is 17.5. The number of benzene rings is 1. The standard InChI is InChI=1S/C19H28O2/c1-3-5-7-9-11-16(10-8-6-4-2)19(21)17-12-14-18(20)15-13-17/h11-15,20H,3-10H2,1-2H3. The van der Waals surface area contributed by atoms with Gasteiger partial charge in [-0.2, -0.15) is 0 Å². The zero-order valence-electron chi connectivity index (χ0n) is 13.4. The predicted octanol–water partition coefficient (Wildman–Crippen LogP) is 5.66. The number of allylic oxidation sites excluding steroid dienone is 2. The Kier molecular flexibility index (Phi) is 8.49. The van der Waals surface area contributed by atoms with Crippen LogP contribution < -0.4 is 0 Å². The fraction of sp³-hybridized carbons (Fsp3) is 0.526. The van der Waals surface area contributed by atoms with Gasteiger partial charge in [-0.15, -0.1) is 0 Å². The van der Waals surface area contributed by atoms with Crippen LogP contribution in [0.4, 0.5) is 0 Å². The first-order valence-electron chi connectivity index (χ1n) is 8.21. The lowest BCUT2D eigenvalue weighted by atomic mass is 9.96. The normalized spacial score (nSPS) is 11.6. The van der Waals surface area contributed by atoms with Gasteiger partial charge in [0.2, 0.25) is 0 Å². The second kappa shape index (κ2) is 10.2. The van der Waals surface area contributed by atoms with Gasteiger partial charge in [-0.05, 0) is 55.5 Å². The average molecular weight is 288 g/mol. The molecule has 0 atom stereocenters. The van der Waals surface area contributed by atoms with Gasteiger partial charge in [0.05, 0.1) is 0 Å². The molecule has 1 N–H and O–H groups in total. The molecule has 0 aliphatic heterocycles. The van der Waals surface area contributed by atoms with Gasteiger partial charge in [-0.3, -0.25) is 4.79 Å². The Morgan fingerprint density at radius 2 is 1.62 bits per heavy atom. The van der Waals surface area contributed by atoms with Crippen LogP contribution in [0.2, 0.25) is 0 Å². The molecule has 0 aliphatic rings. The summed E-state index contributed by atoms with van der Waals surface area (Å²) < 4.78 is 0. The van der Waals surface area contributed by atoms with Crippen LogP contribution in [0.1, 0.15) is 75.6 Å². The molecule has 0 spiro atoms. The number of carbonyl (C=O) groups excluding carboxylic acids is 1. The Hall–Kier alpha value is -1.57. The molecule has 0 radical (unpaired) electrons. The number of aromatic hydroxyl groups is 1. The summed E-state index contributed by atoms with van der Waals surface area (Å²) in [6.07, 6.45) is 10.9. The van der Waals surface area contributed by atoms with Crippen molar-refractivity contribution >= 4 is 5.78 Å². The lowest BCUT2D eigenvalue weighted by Gasteiger charge is -2.07. The van der Waals surface area contributed by atoms with Gasteiger partial charge in [-0.25, -0.2) is 0 Å². The van der Waals surface area contributed by atoms with Crippen LogP contribution >= 0.6 is 0 Å². The van der Waals surface area contributed by atoms with Crippen molar-refractivity contribution in [3.8, 4) is 5.75 Å². The van der Waals surface area contributed by atoms with Gasteiger partial charge >= 0.3 is 0 Å². The molecule has 0 bridgehead atoms. The zero-order chi connectivity index (χ0) is 15.5. The molecule has 0 aromatic heterocycles. The first-order valence-corrected chi connectivity index (χ1v) is 8.21. The number of ketones is 1. The Balaban J connectivity index is 2.73. The third-order valence-electron chi connectivity index (χ3n) is 3.67. The van der Waals surface area contributed by atoms with Crippen molar-refractivity contribution in [3.63, 3.8) is 0 Å². The molecule has 0 saturated carbocycles. The van der Waals surface area contributed by atoms with Gasteiger partial charge < -0.3 is 5.11 Å². The van der Waals surface area contributed by atoms with Gasteiger partial charge in [0.1, 0.15) is 5.75 Å². The van der Waals surface area contributed by atoms with Crippen LogP contribution in [0.3, 0.4) is 0 Å². The first-order chi connectivity index (χ1) is 10.2. The summed E-state index contributed by atoms with van der Waals surface area (Å²) in [6, 6.07) is 6.57. The summed E-state index contributed by atoms with van der Waals surface area (Å²) in [4.78, 5) is 12.6. The Morgan fingerprint density at radius 3 is 2.24 bits per heavy atom. The van der Waals surface area contributed by atoms with Crippen molar-refractivity contribution in [2.24, 2.45) is 0 Å². The molecular weight excluding hydrogens is 260 g/mol. The molecule has 0 unspecified atom stereocenters. The van der Waals surface area contributed by atoms with E-state index >= 15 is 0 Å². The number of hydrogen-bond acceptors (Lipinski definition) is 2. The van der Waals surface area contributed by atoms with Crippen molar-refractivity contribution in [2.75, 3.05) is 0 Å². The largest absolute Gasteiger partial charge is 0.508 e.